The van der Waals surface area contributed by atoms with Gasteiger partial charge in [0.25, 0.3) is 11.8 Å². The number of carboxylic acid groups (broad SMARTS) is 1. The molecule has 3 rings (SSSR count). The summed E-state index contributed by atoms with van der Waals surface area (Å²) < 4.78 is 11.2. The van der Waals surface area contributed by atoms with Gasteiger partial charge in [-0.2, -0.15) is 0 Å². The Balaban J connectivity index is 2.07. The van der Waals surface area contributed by atoms with Crippen molar-refractivity contribution in [1.29, 1.82) is 0 Å². The van der Waals surface area contributed by atoms with Gasteiger partial charge in [0.1, 0.15) is 0 Å². The van der Waals surface area contributed by atoms with Gasteiger partial charge in [-0.15, -0.1) is 0 Å². The van der Waals surface area contributed by atoms with Crippen LogP contribution in [0.5, 0.6) is 11.5 Å². The highest BCUT2D eigenvalue weighted by atomic mass is 16.5. The van der Waals surface area contributed by atoms with Gasteiger partial charge in [-0.3, -0.25) is 14.5 Å². The van der Waals surface area contributed by atoms with Gasteiger partial charge >= 0.3 is 0 Å². The number of carbonyl (C=O) groups is 3. The van der Waals surface area contributed by atoms with Crippen molar-refractivity contribution in [2.24, 2.45) is 5.92 Å². The highest BCUT2D eigenvalue weighted by Crippen LogP contribution is 2.33. The van der Waals surface area contributed by atoms with Gasteiger partial charge in [-0.05, 0) is 41.3 Å². The Hall–Kier alpha value is -3.61. The monoisotopic (exact) mass is 408 g/mol. The van der Waals surface area contributed by atoms with E-state index in [-0.39, 0.29) is 11.1 Å². The van der Waals surface area contributed by atoms with E-state index in [4.69, 9.17) is 9.47 Å². The van der Waals surface area contributed by atoms with Crippen LogP contribution in [0.1, 0.15) is 35.3 Å². The Kier molecular flexibility index (Phi) is 6.20. The maximum absolute atomic E-state index is 13.0. The van der Waals surface area contributed by atoms with Crippen LogP contribution >= 0.6 is 0 Å². The lowest BCUT2D eigenvalue weighted by molar-refractivity contribution is -0.305. The molecule has 1 aliphatic rings. The molecule has 156 valence electrons. The highest BCUT2D eigenvalue weighted by Gasteiger charge is 2.34. The van der Waals surface area contributed by atoms with Gasteiger partial charge in [-0.1, -0.05) is 38.1 Å². The summed E-state index contributed by atoms with van der Waals surface area (Å²) in [6.07, 6.45) is 1.61. The largest absolute Gasteiger partial charge is 0.548 e. The molecule has 0 atom stereocenters. The smallest absolute Gasteiger partial charge is 0.261 e. The van der Waals surface area contributed by atoms with E-state index in [1.54, 1.807) is 55.7 Å². The standard InChI is InChI=1S/C23H23NO6/c1-14(2)13-30-20-11-15(8-9-19(20)29-3)10-18-16-6-4-5-7-17(16)22(27)24(23(18)28)12-21(25)26/h4-11,14H,12-13H2,1-3H3,(H,25,26)/p-1/b18-10-. The molecule has 2 aromatic carbocycles. The Labute approximate surface area is 174 Å². The maximum atomic E-state index is 13.0. The van der Waals surface area contributed by atoms with E-state index >= 15 is 0 Å². The van der Waals surface area contributed by atoms with Gasteiger partial charge in [0.2, 0.25) is 0 Å². The van der Waals surface area contributed by atoms with Crippen molar-refractivity contribution in [3.05, 3.63) is 59.2 Å². The highest BCUT2D eigenvalue weighted by molar-refractivity contribution is 6.34. The second-order valence-corrected chi connectivity index (χ2v) is 7.29. The summed E-state index contributed by atoms with van der Waals surface area (Å²) in [6.45, 7) is 3.73. The molecular weight excluding hydrogens is 386 g/mol. The van der Waals surface area contributed by atoms with Crippen molar-refractivity contribution in [2.75, 3.05) is 20.3 Å². The van der Waals surface area contributed by atoms with Crippen LogP contribution in [-0.4, -0.2) is 42.9 Å². The molecule has 1 aliphatic heterocycles. The van der Waals surface area contributed by atoms with Crippen LogP contribution in [0.4, 0.5) is 0 Å². The third-order valence-corrected chi connectivity index (χ3v) is 4.53. The number of methoxy groups -OCH3 is 1. The van der Waals surface area contributed by atoms with E-state index in [2.05, 4.69) is 0 Å². The van der Waals surface area contributed by atoms with Crippen LogP contribution in [0, 0.1) is 5.92 Å². The van der Waals surface area contributed by atoms with Crippen molar-refractivity contribution in [1.82, 2.24) is 4.90 Å². The summed E-state index contributed by atoms with van der Waals surface area (Å²) in [7, 11) is 1.54. The topological polar surface area (TPSA) is 96.0 Å². The minimum Gasteiger partial charge on any atom is -0.548 e. The number of carboxylic acids is 1. The van der Waals surface area contributed by atoms with Crippen LogP contribution in [0.2, 0.25) is 0 Å². The Morgan fingerprint density at radius 3 is 2.40 bits per heavy atom. The molecule has 0 spiro atoms. The molecule has 0 radical (unpaired) electrons. The summed E-state index contributed by atoms with van der Waals surface area (Å²) in [6, 6.07) is 11.8. The number of nitrogens with zero attached hydrogens (tertiary/aromatic N) is 1. The van der Waals surface area contributed by atoms with Crippen molar-refractivity contribution in [3.8, 4) is 11.5 Å². The normalized spacial score (nSPS) is 14.8. The summed E-state index contributed by atoms with van der Waals surface area (Å²) in [5.41, 5.74) is 1.57. The predicted octanol–water partition coefficient (Wildman–Crippen LogP) is 2.00. The Bertz CT molecular complexity index is 1020. The number of benzene rings is 2. The SMILES string of the molecule is COc1ccc(/C=C2\C(=O)N(CC(=O)[O-])C(=O)c3ccccc32)cc1OCC(C)C. The number of hydrogen-bond acceptors (Lipinski definition) is 6. The minimum atomic E-state index is -1.51. The number of rotatable bonds is 7. The fourth-order valence-electron chi connectivity index (χ4n) is 3.13. The first-order valence-corrected chi connectivity index (χ1v) is 9.49. The van der Waals surface area contributed by atoms with E-state index in [9.17, 15) is 19.5 Å². The number of aliphatic carboxylic acids is 1. The van der Waals surface area contributed by atoms with Crippen LogP contribution in [-0.2, 0) is 9.59 Å². The second kappa shape index (κ2) is 8.82. The molecular formula is C23H22NO6-. The molecule has 0 unspecified atom stereocenters. The van der Waals surface area contributed by atoms with Crippen molar-refractivity contribution >= 4 is 29.4 Å². The molecule has 0 N–H and O–H groups in total. The van der Waals surface area contributed by atoms with Crippen LogP contribution in [0.15, 0.2) is 42.5 Å². The molecule has 1 heterocycles. The molecule has 0 saturated carbocycles. The van der Waals surface area contributed by atoms with Gasteiger partial charge in [0, 0.05) is 11.1 Å². The zero-order chi connectivity index (χ0) is 21.8. The molecule has 7 nitrogen and oxygen atoms in total. The Morgan fingerprint density at radius 2 is 1.77 bits per heavy atom. The number of fused-ring (bicyclic) bond motifs is 1. The van der Waals surface area contributed by atoms with Gasteiger partial charge in [-0.25, -0.2) is 0 Å². The van der Waals surface area contributed by atoms with Crippen LogP contribution in [0.3, 0.4) is 0 Å². The van der Waals surface area contributed by atoms with Gasteiger partial charge < -0.3 is 19.4 Å². The zero-order valence-corrected chi connectivity index (χ0v) is 17.0. The lowest BCUT2D eigenvalue weighted by Gasteiger charge is -2.28. The van der Waals surface area contributed by atoms with Crippen molar-refractivity contribution in [3.63, 3.8) is 0 Å². The third-order valence-electron chi connectivity index (χ3n) is 4.53. The fourth-order valence-corrected chi connectivity index (χ4v) is 3.13. The molecule has 0 saturated heterocycles. The minimum absolute atomic E-state index is 0.214. The third kappa shape index (κ3) is 4.35. The molecule has 30 heavy (non-hydrogen) atoms. The average molecular weight is 408 g/mol. The van der Waals surface area contributed by atoms with E-state index in [0.717, 1.165) is 0 Å². The Morgan fingerprint density at radius 1 is 1.07 bits per heavy atom. The summed E-state index contributed by atoms with van der Waals surface area (Å²) in [4.78, 5) is 37.3. The van der Waals surface area contributed by atoms with E-state index in [1.807, 2.05) is 13.8 Å². The number of hydrogen-bond donors (Lipinski definition) is 0. The fraction of sp³-hybridized carbons (Fsp3) is 0.261. The quantitative estimate of drug-likeness (QED) is 0.514. The number of ether oxygens (including phenoxy) is 2. The van der Waals surface area contributed by atoms with Crippen LogP contribution < -0.4 is 14.6 Å². The average Bonchev–Trinajstić information content (AvgIpc) is 2.72. The molecule has 7 heteroatoms. The zero-order valence-electron chi connectivity index (χ0n) is 17.0. The predicted molar refractivity (Wildman–Crippen MR) is 109 cm³/mol. The molecule has 0 bridgehead atoms. The molecule has 2 aromatic rings. The van der Waals surface area contributed by atoms with Gasteiger partial charge in [0.15, 0.2) is 11.5 Å². The lowest BCUT2D eigenvalue weighted by Crippen LogP contribution is -2.47. The van der Waals surface area contributed by atoms with E-state index in [0.29, 0.717) is 40.1 Å². The second-order valence-electron chi connectivity index (χ2n) is 7.29. The summed E-state index contributed by atoms with van der Waals surface area (Å²) in [5, 5.41) is 11.1. The first kappa shape index (κ1) is 21.1. The molecule has 2 amide bonds. The lowest BCUT2D eigenvalue weighted by atomic mass is 9.92. The summed E-state index contributed by atoms with van der Waals surface area (Å²) in [5.74, 6) is -1.46. The van der Waals surface area contributed by atoms with E-state index in [1.165, 1.54) is 0 Å². The molecule has 0 aromatic heterocycles. The van der Waals surface area contributed by atoms with Crippen molar-refractivity contribution in [2.45, 2.75) is 13.8 Å². The number of imide groups is 1. The maximum Gasteiger partial charge on any atom is 0.261 e. The number of amides is 2. The van der Waals surface area contributed by atoms with E-state index < -0.39 is 24.3 Å². The van der Waals surface area contributed by atoms with Crippen molar-refractivity contribution < 1.29 is 29.0 Å². The first-order chi connectivity index (χ1) is 14.3. The summed E-state index contributed by atoms with van der Waals surface area (Å²) >= 11 is 0. The molecule has 0 fully saturated rings. The van der Waals surface area contributed by atoms with Gasteiger partial charge in [0.05, 0.1) is 26.2 Å². The molecule has 0 aliphatic carbocycles. The first-order valence-electron chi connectivity index (χ1n) is 9.49. The number of carbonyl (C=O) groups excluding carboxylic acids is 3. The van der Waals surface area contributed by atoms with Crippen LogP contribution in [0.25, 0.3) is 11.6 Å².